The number of aryl methyl sites for hydroxylation is 1. The van der Waals surface area contributed by atoms with E-state index in [-0.39, 0.29) is 26.6 Å². The van der Waals surface area contributed by atoms with E-state index in [0.29, 0.717) is 24.0 Å². The van der Waals surface area contributed by atoms with Crippen LogP contribution in [0, 0.1) is 12.8 Å². The zero-order chi connectivity index (χ0) is 22.4. The Kier molecular flexibility index (Phi) is 7.45. The second-order valence-electron chi connectivity index (χ2n) is 7.40. The molecule has 6 nitrogen and oxygen atoms in total. The number of ketones is 1. The van der Waals surface area contributed by atoms with Crippen LogP contribution in [-0.2, 0) is 4.79 Å². The molecule has 3 aromatic rings. The maximum absolute atomic E-state index is 12.9. The monoisotopic (exact) mass is 424 g/mol. The number of para-hydroxylation sites is 2. The van der Waals surface area contributed by atoms with Crippen molar-refractivity contribution in [1.29, 1.82) is 0 Å². The van der Waals surface area contributed by atoms with Gasteiger partial charge in [0.25, 0.3) is 0 Å². The van der Waals surface area contributed by atoms with E-state index in [4.69, 9.17) is 9.41 Å². The predicted octanol–water partition coefficient (Wildman–Crippen LogP) is 6.14. The number of carbonyl (C=O) groups is 1. The largest absolute Gasteiger partial charge is 0.423 e. The Morgan fingerprint density at radius 1 is 1.13 bits per heavy atom. The molecule has 168 valence electrons. The fraction of sp³-hybridized carbons (Fsp3) is 0.400. The van der Waals surface area contributed by atoms with Gasteiger partial charge in [-0.2, -0.15) is 4.98 Å². The first-order valence-electron chi connectivity index (χ1n) is 11.2. The second kappa shape index (κ2) is 10.2. The second-order valence-corrected chi connectivity index (χ2v) is 7.40. The van der Waals surface area contributed by atoms with Crippen LogP contribution in [0.4, 0.5) is 6.01 Å². The molecule has 0 fully saturated rings. The number of hydrogen-bond acceptors (Lipinski definition) is 6. The number of anilines is 1. The Labute approximate surface area is 187 Å². The number of guanidine groups is 1. The van der Waals surface area contributed by atoms with Crippen LogP contribution < -0.4 is 10.6 Å². The smallest absolute Gasteiger partial charge is 0.302 e. The van der Waals surface area contributed by atoms with E-state index in [2.05, 4.69) is 41.6 Å². The molecule has 6 heteroatoms. The van der Waals surface area contributed by atoms with Crippen molar-refractivity contribution in [2.24, 2.45) is 10.9 Å². The van der Waals surface area contributed by atoms with Gasteiger partial charge < -0.3 is 9.73 Å². The highest BCUT2D eigenvalue weighted by atomic mass is 16.4. The van der Waals surface area contributed by atoms with Crippen LogP contribution in [0.1, 0.15) is 60.6 Å². The van der Waals surface area contributed by atoms with E-state index in [1.54, 1.807) is 0 Å². The molecule has 1 aliphatic rings. The Bertz CT molecular complexity index is 1030. The molecule has 2 N–H and O–H groups in total. The summed E-state index contributed by atoms with van der Waals surface area (Å²) in [6.45, 7) is 10.1. The summed E-state index contributed by atoms with van der Waals surface area (Å²) in [5, 5.41) is 6.58. The lowest BCUT2D eigenvalue weighted by atomic mass is 9.80. The van der Waals surface area contributed by atoms with Gasteiger partial charge in [-0.1, -0.05) is 64.1 Å². The van der Waals surface area contributed by atoms with Gasteiger partial charge in [0.05, 0.1) is 12.0 Å². The summed E-state index contributed by atoms with van der Waals surface area (Å²) in [4.78, 5) is 22.2. The summed E-state index contributed by atoms with van der Waals surface area (Å²) in [5.41, 5.74) is 3.71. The molecule has 1 aliphatic heterocycles. The molecule has 3 unspecified atom stereocenters. The van der Waals surface area contributed by atoms with Crippen molar-refractivity contribution in [2.75, 3.05) is 5.32 Å². The van der Waals surface area contributed by atoms with Gasteiger partial charge in [-0.05, 0) is 36.6 Å². The summed E-state index contributed by atoms with van der Waals surface area (Å²) in [7, 11) is 0. The lowest BCUT2D eigenvalue weighted by Crippen LogP contribution is -2.51. The summed E-state index contributed by atoms with van der Waals surface area (Å²) >= 11 is 0. The third-order valence-electron chi connectivity index (χ3n) is 5.55. The fourth-order valence-electron chi connectivity index (χ4n) is 4.01. The van der Waals surface area contributed by atoms with E-state index >= 15 is 0 Å². The minimum absolute atomic E-state index is 0. The molecule has 4 rings (SSSR count). The van der Waals surface area contributed by atoms with Crippen molar-refractivity contribution in [3.05, 3.63) is 59.7 Å². The predicted molar refractivity (Wildman–Crippen MR) is 131 cm³/mol. The van der Waals surface area contributed by atoms with Gasteiger partial charge in [0.15, 0.2) is 11.5 Å². The topological polar surface area (TPSA) is 79.5 Å². The van der Waals surface area contributed by atoms with Gasteiger partial charge in [0.1, 0.15) is 11.3 Å². The van der Waals surface area contributed by atoms with E-state index in [9.17, 15) is 4.79 Å². The molecule has 0 aliphatic carbocycles. The zero-order valence-electron chi connectivity index (χ0n) is 19.0. The molecule has 2 aromatic carbocycles. The van der Waals surface area contributed by atoms with E-state index in [0.717, 1.165) is 23.1 Å². The first-order valence-corrected chi connectivity index (χ1v) is 11.2. The molecule has 0 radical (unpaired) electrons. The van der Waals surface area contributed by atoms with Crippen LogP contribution in [0.25, 0.3) is 11.1 Å². The van der Waals surface area contributed by atoms with Gasteiger partial charge in [0, 0.05) is 15.3 Å². The molecule has 2 heterocycles. The highest BCUT2D eigenvalue weighted by Crippen LogP contribution is 2.36. The van der Waals surface area contributed by atoms with Crippen LogP contribution >= 0.6 is 0 Å². The number of Topliss-reactive ketones (excluding diaryl/α,β-unsaturated/α-hetero) is 1. The Morgan fingerprint density at radius 3 is 2.52 bits per heavy atom. The molecule has 0 amide bonds. The van der Waals surface area contributed by atoms with Crippen LogP contribution in [0.2, 0.25) is 0 Å². The third kappa shape index (κ3) is 4.79. The summed E-state index contributed by atoms with van der Waals surface area (Å²) in [6, 6.07) is 15.9. The van der Waals surface area contributed by atoms with Crippen LogP contribution in [0.15, 0.2) is 57.9 Å². The van der Waals surface area contributed by atoms with Crippen molar-refractivity contribution < 1.29 is 12.1 Å². The molecule has 0 spiro atoms. The Balaban J connectivity index is 0.00000133. The van der Waals surface area contributed by atoms with Crippen molar-refractivity contribution in [3.63, 3.8) is 0 Å². The van der Waals surface area contributed by atoms with Crippen molar-refractivity contribution in [2.45, 2.75) is 59.5 Å². The summed E-state index contributed by atoms with van der Waals surface area (Å²) in [6.07, 6.45) is 1.31. The van der Waals surface area contributed by atoms with E-state index in [1.807, 2.05) is 57.2 Å². The third-order valence-corrected chi connectivity index (χ3v) is 5.55. The minimum Gasteiger partial charge on any atom is -0.423 e. The highest BCUT2D eigenvalue weighted by Gasteiger charge is 2.39. The van der Waals surface area contributed by atoms with E-state index < -0.39 is 0 Å². The number of aliphatic imine (C=N–C) groups is 1. The minimum atomic E-state index is -0.248. The molecule has 3 atom stereocenters. The van der Waals surface area contributed by atoms with Gasteiger partial charge >= 0.3 is 6.01 Å². The first-order chi connectivity index (χ1) is 15.1. The lowest BCUT2D eigenvalue weighted by Gasteiger charge is -2.37. The number of benzene rings is 2. The Morgan fingerprint density at radius 2 is 1.84 bits per heavy atom. The van der Waals surface area contributed by atoms with Gasteiger partial charge in [-0.25, -0.2) is 4.99 Å². The number of fused-ring (bicyclic) bond motifs is 1. The van der Waals surface area contributed by atoms with Crippen molar-refractivity contribution in [1.82, 2.24) is 10.3 Å². The fourth-order valence-corrected chi connectivity index (χ4v) is 4.01. The van der Waals surface area contributed by atoms with Gasteiger partial charge in [-0.15, -0.1) is 0 Å². The first kappa shape index (κ1) is 22.5. The van der Waals surface area contributed by atoms with Gasteiger partial charge in [-0.3, -0.25) is 10.1 Å². The average Bonchev–Trinajstić information content (AvgIpc) is 3.22. The molecule has 0 saturated carbocycles. The zero-order valence-corrected chi connectivity index (χ0v) is 19.0. The lowest BCUT2D eigenvalue weighted by molar-refractivity contribution is -0.124. The van der Waals surface area contributed by atoms with Crippen LogP contribution in [-0.4, -0.2) is 22.8 Å². The quantitative estimate of drug-likeness (QED) is 0.514. The molecular formula is C25H36N4O2. The number of aromatic nitrogens is 1. The SMILES string of the molecule is CC.CCC(=O)C1C(CC)NC(Nc2nc3ccccc3o2)=NC1c1ccccc1C.[HH].[HH]. The molecule has 0 saturated heterocycles. The summed E-state index contributed by atoms with van der Waals surface area (Å²) in [5.74, 6) is 0.597. The maximum Gasteiger partial charge on any atom is 0.302 e. The number of hydrogen-bond donors (Lipinski definition) is 2. The maximum atomic E-state index is 12.9. The number of nitrogens with one attached hydrogen (secondary N) is 2. The number of nitrogens with zero attached hydrogens (tertiary/aromatic N) is 2. The standard InChI is InChI=1S/C23H26N4O2.C2H6.2H2/c1-4-16-20(18(28)5-2)21(15-11-7-6-10-14(15)3)26-22(24-16)27-23-25-17-12-8-9-13-19(17)29-23;1-2;;/h6-13,16,20-21H,4-5H2,1-3H3,(H2,24,25,26,27);1-2H3;2*1H. The molecule has 31 heavy (non-hydrogen) atoms. The number of oxazole rings is 1. The van der Waals surface area contributed by atoms with E-state index in [1.165, 1.54) is 0 Å². The number of rotatable bonds is 5. The average molecular weight is 425 g/mol. The normalized spacial score (nSPS) is 20.3. The molecule has 1 aromatic heterocycles. The Hall–Kier alpha value is -3.15. The summed E-state index contributed by atoms with van der Waals surface area (Å²) < 4.78 is 5.79. The highest BCUT2D eigenvalue weighted by molar-refractivity contribution is 5.95. The van der Waals surface area contributed by atoms with Crippen molar-refractivity contribution in [3.8, 4) is 0 Å². The van der Waals surface area contributed by atoms with Crippen LogP contribution in [0.5, 0.6) is 0 Å². The van der Waals surface area contributed by atoms with Gasteiger partial charge in [0.2, 0.25) is 0 Å². The van der Waals surface area contributed by atoms with Crippen molar-refractivity contribution >= 4 is 28.9 Å². The number of carbonyl (C=O) groups excluding carboxylic acids is 1. The molecular weight excluding hydrogens is 388 g/mol. The molecule has 0 bridgehead atoms. The van der Waals surface area contributed by atoms with Crippen LogP contribution in [0.3, 0.4) is 0 Å².